The van der Waals surface area contributed by atoms with Gasteiger partial charge in [-0.25, -0.2) is 4.98 Å². The summed E-state index contributed by atoms with van der Waals surface area (Å²) in [5, 5.41) is 0. The van der Waals surface area contributed by atoms with Gasteiger partial charge in [-0.2, -0.15) is 0 Å². The topological polar surface area (TPSA) is 43.3 Å². The van der Waals surface area contributed by atoms with Crippen molar-refractivity contribution in [1.29, 1.82) is 0 Å². The van der Waals surface area contributed by atoms with E-state index in [1.54, 1.807) is 0 Å². The molecule has 2 heterocycles. The molecule has 1 aromatic carbocycles. The number of nitrogen functional groups attached to an aromatic ring is 1. The number of rotatable bonds is 2. The minimum atomic E-state index is 0.721. The zero-order valence-corrected chi connectivity index (χ0v) is 12.2. The van der Waals surface area contributed by atoms with Crippen LogP contribution in [-0.4, -0.2) is 9.38 Å². The van der Waals surface area contributed by atoms with Gasteiger partial charge in [-0.05, 0) is 34.5 Å². The van der Waals surface area contributed by atoms with Crippen LogP contribution in [-0.2, 0) is 6.42 Å². The third-order valence-corrected chi connectivity index (χ3v) is 3.67. The number of aromatic nitrogens is 2. The minimum absolute atomic E-state index is 0.721. The molecular weight excluding hydrogens is 302 g/mol. The molecule has 0 spiro atoms. The SMILES string of the molecule is Cc1ccc(Cc2cn3cc(N)cc(Br)c3n2)cc1. The quantitative estimate of drug-likeness (QED) is 0.785. The number of benzene rings is 1. The lowest BCUT2D eigenvalue weighted by atomic mass is 10.1. The molecule has 0 saturated carbocycles. The van der Waals surface area contributed by atoms with Gasteiger partial charge in [0, 0.05) is 24.5 Å². The Hall–Kier alpha value is -1.81. The minimum Gasteiger partial charge on any atom is -0.397 e. The van der Waals surface area contributed by atoms with Gasteiger partial charge in [0.05, 0.1) is 10.2 Å². The van der Waals surface area contributed by atoms with Crippen molar-refractivity contribution in [2.24, 2.45) is 0 Å². The summed E-state index contributed by atoms with van der Waals surface area (Å²) in [5.41, 5.74) is 11.0. The fourth-order valence-electron chi connectivity index (χ4n) is 2.13. The summed E-state index contributed by atoms with van der Waals surface area (Å²) in [7, 11) is 0. The second-order valence-electron chi connectivity index (χ2n) is 4.75. The Morgan fingerprint density at radius 3 is 2.68 bits per heavy atom. The lowest BCUT2D eigenvalue weighted by Crippen LogP contribution is -1.90. The Labute approximate surface area is 120 Å². The molecule has 0 aliphatic heterocycles. The molecule has 3 aromatic rings. The molecule has 2 aromatic heterocycles. The van der Waals surface area contributed by atoms with Gasteiger partial charge < -0.3 is 10.1 Å². The van der Waals surface area contributed by atoms with E-state index < -0.39 is 0 Å². The number of nitrogens with zero attached hydrogens (tertiary/aromatic N) is 2. The smallest absolute Gasteiger partial charge is 0.151 e. The molecule has 0 atom stereocenters. The van der Waals surface area contributed by atoms with Crippen molar-refractivity contribution in [3.8, 4) is 0 Å². The summed E-state index contributed by atoms with van der Waals surface area (Å²) >= 11 is 3.49. The van der Waals surface area contributed by atoms with E-state index in [-0.39, 0.29) is 0 Å². The highest BCUT2D eigenvalue weighted by atomic mass is 79.9. The van der Waals surface area contributed by atoms with Crippen molar-refractivity contribution in [1.82, 2.24) is 9.38 Å². The maximum Gasteiger partial charge on any atom is 0.151 e. The molecule has 3 nitrogen and oxygen atoms in total. The van der Waals surface area contributed by atoms with E-state index in [9.17, 15) is 0 Å². The first-order valence-electron chi connectivity index (χ1n) is 6.10. The van der Waals surface area contributed by atoms with Crippen molar-refractivity contribution >= 4 is 27.3 Å². The first-order valence-corrected chi connectivity index (χ1v) is 6.89. The lowest BCUT2D eigenvalue weighted by Gasteiger charge is -1.98. The van der Waals surface area contributed by atoms with E-state index in [0.29, 0.717) is 0 Å². The van der Waals surface area contributed by atoms with Gasteiger partial charge in [0.2, 0.25) is 0 Å². The Morgan fingerprint density at radius 1 is 1.21 bits per heavy atom. The van der Waals surface area contributed by atoms with Crippen LogP contribution in [0.2, 0.25) is 0 Å². The predicted octanol–water partition coefficient (Wildman–Crippen LogP) is 3.58. The van der Waals surface area contributed by atoms with Crippen LogP contribution >= 0.6 is 15.9 Å². The van der Waals surface area contributed by atoms with E-state index in [4.69, 9.17) is 5.73 Å². The first kappa shape index (κ1) is 12.2. The van der Waals surface area contributed by atoms with E-state index in [2.05, 4.69) is 52.1 Å². The lowest BCUT2D eigenvalue weighted by molar-refractivity contribution is 1.11. The fourth-order valence-corrected chi connectivity index (χ4v) is 2.69. The van der Waals surface area contributed by atoms with Gasteiger partial charge >= 0.3 is 0 Å². The number of halogens is 1. The number of hydrogen-bond donors (Lipinski definition) is 1. The number of hydrogen-bond acceptors (Lipinski definition) is 2. The molecule has 0 aliphatic rings. The largest absolute Gasteiger partial charge is 0.397 e. The van der Waals surface area contributed by atoms with Gasteiger partial charge in [-0.15, -0.1) is 0 Å². The Balaban J connectivity index is 1.97. The molecule has 3 rings (SSSR count). The molecular formula is C15H14BrN3. The summed E-state index contributed by atoms with van der Waals surface area (Å²) < 4.78 is 2.88. The fraction of sp³-hybridized carbons (Fsp3) is 0.133. The second kappa shape index (κ2) is 4.70. The number of anilines is 1. The number of nitrogens with two attached hydrogens (primary N) is 1. The van der Waals surface area contributed by atoms with Crippen molar-refractivity contribution in [3.05, 3.63) is 64.0 Å². The van der Waals surface area contributed by atoms with Gasteiger partial charge in [-0.3, -0.25) is 0 Å². The molecule has 0 saturated heterocycles. The number of aryl methyl sites for hydroxylation is 1. The van der Waals surface area contributed by atoms with E-state index in [0.717, 1.165) is 27.9 Å². The van der Waals surface area contributed by atoms with E-state index in [1.807, 2.05) is 22.9 Å². The Kier molecular flexibility index (Phi) is 3.03. The maximum absolute atomic E-state index is 5.82. The average Bonchev–Trinajstić information content (AvgIpc) is 2.75. The summed E-state index contributed by atoms with van der Waals surface area (Å²) in [6.07, 6.45) is 4.73. The zero-order valence-electron chi connectivity index (χ0n) is 10.6. The van der Waals surface area contributed by atoms with Crippen LogP contribution in [0.15, 0.2) is 47.2 Å². The molecule has 4 heteroatoms. The van der Waals surface area contributed by atoms with Crippen LogP contribution in [0, 0.1) is 6.92 Å². The third kappa shape index (κ3) is 2.49. The molecule has 0 radical (unpaired) electrons. The zero-order chi connectivity index (χ0) is 13.4. The molecule has 96 valence electrons. The molecule has 2 N–H and O–H groups in total. The normalized spacial score (nSPS) is 11.1. The van der Waals surface area contributed by atoms with Crippen molar-refractivity contribution in [3.63, 3.8) is 0 Å². The van der Waals surface area contributed by atoms with Gasteiger partial charge in [0.15, 0.2) is 5.65 Å². The molecule has 0 unspecified atom stereocenters. The van der Waals surface area contributed by atoms with Crippen molar-refractivity contribution in [2.75, 3.05) is 5.73 Å². The molecule has 0 amide bonds. The Morgan fingerprint density at radius 2 is 1.95 bits per heavy atom. The number of fused-ring (bicyclic) bond motifs is 1. The highest BCUT2D eigenvalue weighted by Gasteiger charge is 2.06. The van der Waals surface area contributed by atoms with Gasteiger partial charge in [-0.1, -0.05) is 29.8 Å². The molecule has 0 fully saturated rings. The Bertz CT molecular complexity index is 729. The van der Waals surface area contributed by atoms with Crippen LogP contribution in [0.25, 0.3) is 5.65 Å². The first-order chi connectivity index (χ1) is 9.11. The molecule has 0 bridgehead atoms. The highest BCUT2D eigenvalue weighted by Crippen LogP contribution is 2.21. The van der Waals surface area contributed by atoms with E-state index in [1.165, 1.54) is 11.1 Å². The van der Waals surface area contributed by atoms with Crippen LogP contribution in [0.5, 0.6) is 0 Å². The van der Waals surface area contributed by atoms with Crippen LogP contribution in [0.1, 0.15) is 16.8 Å². The van der Waals surface area contributed by atoms with Crippen molar-refractivity contribution < 1.29 is 0 Å². The third-order valence-electron chi connectivity index (χ3n) is 3.08. The molecule has 0 aliphatic carbocycles. The summed E-state index contributed by atoms with van der Waals surface area (Å²) in [6, 6.07) is 10.4. The number of imidazole rings is 1. The maximum atomic E-state index is 5.82. The van der Waals surface area contributed by atoms with E-state index >= 15 is 0 Å². The number of pyridine rings is 1. The highest BCUT2D eigenvalue weighted by molar-refractivity contribution is 9.10. The average molecular weight is 316 g/mol. The summed E-state index contributed by atoms with van der Waals surface area (Å²) in [6.45, 7) is 2.09. The van der Waals surface area contributed by atoms with Crippen molar-refractivity contribution in [2.45, 2.75) is 13.3 Å². The van der Waals surface area contributed by atoms with Gasteiger partial charge in [0.1, 0.15) is 0 Å². The van der Waals surface area contributed by atoms with Crippen LogP contribution in [0.3, 0.4) is 0 Å². The summed E-state index contributed by atoms with van der Waals surface area (Å²) in [4.78, 5) is 4.63. The van der Waals surface area contributed by atoms with Gasteiger partial charge in [0.25, 0.3) is 0 Å². The van der Waals surface area contributed by atoms with Crippen LogP contribution in [0.4, 0.5) is 5.69 Å². The monoisotopic (exact) mass is 315 g/mol. The predicted molar refractivity (Wildman–Crippen MR) is 81.3 cm³/mol. The molecule has 19 heavy (non-hydrogen) atoms. The standard InChI is InChI=1S/C15H14BrN3/c1-10-2-4-11(5-3-10)6-13-9-19-8-12(17)7-14(16)15(19)18-13/h2-5,7-9H,6,17H2,1H3. The second-order valence-corrected chi connectivity index (χ2v) is 5.60. The van der Waals surface area contributed by atoms with Crippen LogP contribution < -0.4 is 5.73 Å². The summed E-state index contributed by atoms with van der Waals surface area (Å²) in [5.74, 6) is 0.